The van der Waals surface area contributed by atoms with Crippen LogP contribution in [0.15, 0.2) is 97.1 Å². The molecule has 0 amide bonds. The third kappa shape index (κ3) is 4.47. The van der Waals surface area contributed by atoms with Crippen LogP contribution in [0.4, 0.5) is 5.69 Å². The first-order valence-electron chi connectivity index (χ1n) is 13.5. The molecule has 1 heterocycles. The summed E-state index contributed by atoms with van der Waals surface area (Å²) in [6, 6.07) is 35.1. The SMILES string of the molecule is COc1ccc(-c2c(C#N)c(N3CCCCC3)cc(-c3cccc4ccccc34)c2-c2ccccc2)c(O)c1. The van der Waals surface area contributed by atoms with Crippen LogP contribution in [0.5, 0.6) is 11.5 Å². The number of fused-ring (bicyclic) bond motifs is 1. The van der Waals surface area contributed by atoms with E-state index in [1.807, 2.05) is 30.3 Å². The van der Waals surface area contributed by atoms with E-state index < -0.39 is 0 Å². The molecule has 39 heavy (non-hydrogen) atoms. The molecule has 1 saturated heterocycles. The number of anilines is 1. The van der Waals surface area contributed by atoms with Gasteiger partial charge in [0.2, 0.25) is 0 Å². The summed E-state index contributed by atoms with van der Waals surface area (Å²) in [5.74, 6) is 0.653. The third-order valence-corrected chi connectivity index (χ3v) is 7.73. The van der Waals surface area contributed by atoms with E-state index in [4.69, 9.17) is 4.74 Å². The molecule has 0 radical (unpaired) electrons. The summed E-state index contributed by atoms with van der Waals surface area (Å²) in [6.07, 6.45) is 3.39. The molecule has 0 bridgehead atoms. The Morgan fingerprint density at radius 1 is 0.744 bits per heavy atom. The van der Waals surface area contributed by atoms with Gasteiger partial charge in [-0.05, 0) is 70.5 Å². The number of benzene rings is 5. The average Bonchev–Trinajstić information content (AvgIpc) is 3.00. The van der Waals surface area contributed by atoms with Gasteiger partial charge in [-0.3, -0.25) is 0 Å². The minimum absolute atomic E-state index is 0.0858. The van der Waals surface area contributed by atoms with Gasteiger partial charge < -0.3 is 14.7 Å². The van der Waals surface area contributed by atoms with Gasteiger partial charge in [0.15, 0.2) is 0 Å². The summed E-state index contributed by atoms with van der Waals surface area (Å²) >= 11 is 0. The Hall–Kier alpha value is -4.75. The first-order chi connectivity index (χ1) is 19.2. The van der Waals surface area contributed by atoms with E-state index in [2.05, 4.69) is 71.6 Å². The van der Waals surface area contributed by atoms with Crippen molar-refractivity contribution in [2.75, 3.05) is 25.1 Å². The smallest absolute Gasteiger partial charge is 0.127 e. The molecule has 0 spiro atoms. The summed E-state index contributed by atoms with van der Waals surface area (Å²) in [5.41, 5.74) is 6.94. The quantitative estimate of drug-likeness (QED) is 0.258. The number of hydrogen-bond acceptors (Lipinski definition) is 4. The standard InChI is InChI=1S/C35H30N2O2/c1-39-26-17-18-29(33(38)21-26)35-31(23-36)32(37-19-8-3-9-20-37)22-30(34(35)25-12-4-2-5-13-25)28-16-10-14-24-11-6-7-15-27(24)28/h2,4-7,10-18,21-22,38H,3,8-9,19-20H2,1H3. The van der Waals surface area contributed by atoms with Crippen molar-refractivity contribution in [3.05, 3.63) is 103 Å². The predicted octanol–water partition coefficient (Wildman–Crippen LogP) is 8.42. The zero-order chi connectivity index (χ0) is 26.8. The number of rotatable bonds is 5. The summed E-state index contributed by atoms with van der Waals surface area (Å²) in [4.78, 5) is 2.34. The zero-order valence-electron chi connectivity index (χ0n) is 22.0. The monoisotopic (exact) mass is 510 g/mol. The fourth-order valence-electron chi connectivity index (χ4n) is 5.86. The van der Waals surface area contributed by atoms with Crippen LogP contribution >= 0.6 is 0 Å². The van der Waals surface area contributed by atoms with Gasteiger partial charge in [0.05, 0.1) is 18.4 Å². The van der Waals surface area contributed by atoms with Crippen molar-refractivity contribution in [1.82, 2.24) is 0 Å². The first kappa shape index (κ1) is 24.6. The highest BCUT2D eigenvalue weighted by molar-refractivity contribution is 6.07. The molecular weight excluding hydrogens is 480 g/mol. The summed E-state index contributed by atoms with van der Waals surface area (Å²) in [6.45, 7) is 1.81. The molecular formula is C35H30N2O2. The van der Waals surface area contributed by atoms with Gasteiger partial charge in [-0.15, -0.1) is 0 Å². The van der Waals surface area contributed by atoms with Crippen molar-refractivity contribution in [2.24, 2.45) is 0 Å². The van der Waals surface area contributed by atoms with Gasteiger partial charge in [-0.1, -0.05) is 72.8 Å². The largest absolute Gasteiger partial charge is 0.507 e. The topological polar surface area (TPSA) is 56.5 Å². The van der Waals surface area contributed by atoms with Gasteiger partial charge in [0.25, 0.3) is 0 Å². The molecule has 5 aromatic carbocycles. The van der Waals surface area contributed by atoms with Crippen molar-refractivity contribution in [1.29, 1.82) is 5.26 Å². The highest BCUT2D eigenvalue weighted by Crippen LogP contribution is 2.49. The third-order valence-electron chi connectivity index (χ3n) is 7.73. The summed E-state index contributed by atoms with van der Waals surface area (Å²) in [7, 11) is 1.58. The molecule has 0 unspecified atom stereocenters. The van der Waals surface area contributed by atoms with Crippen LogP contribution in [-0.2, 0) is 0 Å². The Bertz CT molecular complexity index is 1690. The fraction of sp³-hybridized carbons (Fsp3) is 0.171. The van der Waals surface area contributed by atoms with E-state index >= 15 is 0 Å². The van der Waals surface area contributed by atoms with E-state index in [9.17, 15) is 10.4 Å². The number of nitriles is 1. The van der Waals surface area contributed by atoms with Crippen molar-refractivity contribution < 1.29 is 9.84 Å². The molecule has 6 rings (SSSR count). The Kier molecular flexibility index (Phi) is 6.65. The van der Waals surface area contributed by atoms with Crippen LogP contribution in [0.2, 0.25) is 0 Å². The lowest BCUT2D eigenvalue weighted by Crippen LogP contribution is -2.30. The van der Waals surface area contributed by atoms with E-state index in [0.717, 1.165) is 70.2 Å². The number of methoxy groups -OCH3 is 1. The summed E-state index contributed by atoms with van der Waals surface area (Å²) in [5, 5.41) is 24.3. The van der Waals surface area contributed by atoms with Gasteiger partial charge in [-0.25, -0.2) is 0 Å². The maximum atomic E-state index is 11.3. The zero-order valence-corrected chi connectivity index (χ0v) is 22.0. The molecule has 1 N–H and O–H groups in total. The molecule has 1 aliphatic heterocycles. The Morgan fingerprint density at radius 3 is 2.23 bits per heavy atom. The van der Waals surface area contributed by atoms with E-state index in [-0.39, 0.29) is 5.75 Å². The van der Waals surface area contributed by atoms with Gasteiger partial charge >= 0.3 is 0 Å². The van der Waals surface area contributed by atoms with Crippen LogP contribution in [-0.4, -0.2) is 25.3 Å². The van der Waals surface area contributed by atoms with E-state index in [1.54, 1.807) is 13.2 Å². The highest BCUT2D eigenvalue weighted by atomic mass is 16.5. The average molecular weight is 511 g/mol. The maximum absolute atomic E-state index is 11.3. The number of piperidine rings is 1. The van der Waals surface area contributed by atoms with Gasteiger partial charge in [0.1, 0.15) is 17.6 Å². The lowest BCUT2D eigenvalue weighted by atomic mass is 9.82. The van der Waals surface area contributed by atoms with Crippen molar-refractivity contribution >= 4 is 16.5 Å². The lowest BCUT2D eigenvalue weighted by Gasteiger charge is -2.32. The fourth-order valence-corrected chi connectivity index (χ4v) is 5.86. The molecule has 1 aliphatic rings. The first-order valence-corrected chi connectivity index (χ1v) is 13.5. The lowest BCUT2D eigenvalue weighted by molar-refractivity contribution is 0.408. The molecule has 0 aromatic heterocycles. The molecule has 4 nitrogen and oxygen atoms in total. The molecule has 1 fully saturated rings. The molecule has 5 aromatic rings. The van der Waals surface area contributed by atoms with Crippen LogP contribution in [0.3, 0.4) is 0 Å². The normalized spacial score (nSPS) is 13.3. The number of hydrogen-bond donors (Lipinski definition) is 1. The van der Waals surface area contributed by atoms with Crippen LogP contribution in [0.1, 0.15) is 24.8 Å². The minimum atomic E-state index is 0.0858. The second-order valence-electron chi connectivity index (χ2n) is 10.0. The highest BCUT2D eigenvalue weighted by Gasteiger charge is 2.27. The number of aromatic hydroxyl groups is 1. The summed E-state index contributed by atoms with van der Waals surface area (Å²) < 4.78 is 5.38. The van der Waals surface area contributed by atoms with Crippen molar-refractivity contribution in [2.45, 2.75) is 19.3 Å². The minimum Gasteiger partial charge on any atom is -0.507 e. The number of phenolic OH excluding ortho intramolecular Hbond substituents is 1. The van der Waals surface area contributed by atoms with Crippen LogP contribution in [0, 0.1) is 11.3 Å². The van der Waals surface area contributed by atoms with E-state index in [0.29, 0.717) is 16.9 Å². The predicted molar refractivity (Wildman–Crippen MR) is 159 cm³/mol. The molecule has 4 heteroatoms. The number of ether oxygens (including phenoxy) is 1. The molecule has 0 saturated carbocycles. The Labute approximate surface area is 229 Å². The Morgan fingerprint density at radius 2 is 1.49 bits per heavy atom. The van der Waals surface area contributed by atoms with Gasteiger partial charge in [0, 0.05) is 30.3 Å². The maximum Gasteiger partial charge on any atom is 0.127 e. The number of nitrogens with zero attached hydrogens (tertiary/aromatic N) is 2. The molecule has 0 aliphatic carbocycles. The Balaban J connectivity index is 1.78. The van der Waals surface area contributed by atoms with Crippen molar-refractivity contribution in [3.8, 4) is 50.9 Å². The number of phenols is 1. The second kappa shape index (κ2) is 10.6. The second-order valence-corrected chi connectivity index (χ2v) is 10.0. The van der Waals surface area contributed by atoms with Crippen LogP contribution in [0.25, 0.3) is 44.2 Å². The van der Waals surface area contributed by atoms with E-state index in [1.165, 1.54) is 6.42 Å². The van der Waals surface area contributed by atoms with Gasteiger partial charge in [-0.2, -0.15) is 5.26 Å². The molecule has 0 atom stereocenters. The van der Waals surface area contributed by atoms with Crippen molar-refractivity contribution in [3.63, 3.8) is 0 Å². The molecule has 192 valence electrons. The van der Waals surface area contributed by atoms with Crippen LogP contribution < -0.4 is 9.64 Å².